The first kappa shape index (κ1) is 18.3. The first-order valence-corrected chi connectivity index (χ1v) is 9.15. The molecule has 0 fully saturated rings. The van der Waals surface area contributed by atoms with Gasteiger partial charge < -0.3 is 15.2 Å². The molecule has 3 N–H and O–H groups in total. The van der Waals surface area contributed by atoms with Crippen molar-refractivity contribution in [3.05, 3.63) is 64.8 Å². The van der Waals surface area contributed by atoms with Crippen LogP contribution in [-0.2, 0) is 13.0 Å². The van der Waals surface area contributed by atoms with Gasteiger partial charge in [0.15, 0.2) is 0 Å². The summed E-state index contributed by atoms with van der Waals surface area (Å²) in [7, 11) is 0. The average molecular weight is 349 g/mol. The number of phenols is 1. The Balaban J connectivity index is 2.01. The minimum absolute atomic E-state index is 0.169. The number of rotatable bonds is 6. The molecule has 0 atom stereocenters. The van der Waals surface area contributed by atoms with Crippen molar-refractivity contribution in [1.82, 2.24) is 4.98 Å². The Kier molecular flexibility index (Phi) is 5.48. The van der Waals surface area contributed by atoms with Crippen LogP contribution in [0.15, 0.2) is 53.6 Å². The fourth-order valence-electron chi connectivity index (χ4n) is 3.39. The van der Waals surface area contributed by atoms with E-state index >= 15 is 0 Å². The zero-order valence-electron chi connectivity index (χ0n) is 15.8. The van der Waals surface area contributed by atoms with Crippen LogP contribution in [0, 0.1) is 0 Å². The van der Waals surface area contributed by atoms with E-state index in [1.165, 1.54) is 11.1 Å². The zero-order chi connectivity index (χ0) is 18.7. The molecule has 3 aromatic rings. The van der Waals surface area contributed by atoms with E-state index in [2.05, 4.69) is 44.0 Å². The highest BCUT2D eigenvalue weighted by atomic mass is 16.3. The summed E-state index contributed by atoms with van der Waals surface area (Å²) in [5.74, 6) is 0.194. The number of aromatic amines is 1. The summed E-state index contributed by atoms with van der Waals surface area (Å²) < 4.78 is 0. The van der Waals surface area contributed by atoms with E-state index in [4.69, 9.17) is 0 Å². The van der Waals surface area contributed by atoms with Gasteiger partial charge in [-0.1, -0.05) is 41.5 Å². The molecule has 0 radical (unpaired) electrons. The SMILES string of the molecule is CC(C)=CCC/C(C)=C/Cc1c(O)c(CO)cc2c1[nH]c1ccccc12. The van der Waals surface area contributed by atoms with Gasteiger partial charge in [-0.25, -0.2) is 0 Å². The quantitative estimate of drug-likeness (QED) is 0.496. The van der Waals surface area contributed by atoms with E-state index in [-0.39, 0.29) is 12.4 Å². The van der Waals surface area contributed by atoms with Gasteiger partial charge in [0, 0.05) is 27.4 Å². The minimum Gasteiger partial charge on any atom is -0.507 e. The van der Waals surface area contributed by atoms with Crippen molar-refractivity contribution in [2.75, 3.05) is 0 Å². The Hall–Kier alpha value is -2.52. The van der Waals surface area contributed by atoms with E-state index in [9.17, 15) is 10.2 Å². The lowest BCUT2D eigenvalue weighted by atomic mass is 9.99. The van der Waals surface area contributed by atoms with Gasteiger partial charge in [0.2, 0.25) is 0 Å². The molecular formula is C23H27NO2. The summed E-state index contributed by atoms with van der Waals surface area (Å²) in [5, 5.41) is 22.5. The van der Waals surface area contributed by atoms with Crippen molar-refractivity contribution < 1.29 is 10.2 Å². The molecule has 0 amide bonds. The third kappa shape index (κ3) is 3.68. The Morgan fingerprint density at radius 2 is 1.85 bits per heavy atom. The molecular weight excluding hydrogens is 322 g/mol. The molecule has 0 saturated carbocycles. The van der Waals surface area contributed by atoms with Crippen molar-refractivity contribution in [3.8, 4) is 5.75 Å². The monoisotopic (exact) mass is 349 g/mol. The van der Waals surface area contributed by atoms with Crippen LogP contribution >= 0.6 is 0 Å². The molecule has 0 spiro atoms. The lowest BCUT2D eigenvalue weighted by molar-refractivity contribution is 0.275. The number of fused-ring (bicyclic) bond motifs is 3. The van der Waals surface area contributed by atoms with E-state index < -0.39 is 0 Å². The number of aliphatic hydroxyl groups is 1. The van der Waals surface area contributed by atoms with Gasteiger partial charge in [-0.2, -0.15) is 0 Å². The van der Waals surface area contributed by atoms with Crippen LogP contribution in [0.5, 0.6) is 5.75 Å². The number of hydrogen-bond acceptors (Lipinski definition) is 2. The Bertz CT molecular complexity index is 988. The molecule has 0 saturated heterocycles. The summed E-state index contributed by atoms with van der Waals surface area (Å²) >= 11 is 0. The standard InChI is InChI=1S/C23H27NO2/c1-15(2)7-6-8-16(3)11-12-19-22-20(13-17(14-25)23(19)26)18-9-4-5-10-21(18)24-22/h4-5,7,9-11,13,24-26H,6,8,12,14H2,1-3H3/b16-11+. The molecule has 2 aromatic carbocycles. The lowest BCUT2D eigenvalue weighted by Gasteiger charge is -2.10. The van der Waals surface area contributed by atoms with Crippen LogP contribution in [0.2, 0.25) is 0 Å². The molecule has 0 bridgehead atoms. The lowest BCUT2D eigenvalue weighted by Crippen LogP contribution is -1.93. The van der Waals surface area contributed by atoms with Gasteiger partial charge in [-0.15, -0.1) is 0 Å². The van der Waals surface area contributed by atoms with Gasteiger partial charge in [0.1, 0.15) is 5.75 Å². The van der Waals surface area contributed by atoms with Crippen molar-refractivity contribution in [1.29, 1.82) is 0 Å². The predicted octanol–water partition coefficient (Wildman–Crippen LogP) is 5.75. The molecule has 0 unspecified atom stereocenters. The second-order valence-corrected chi connectivity index (χ2v) is 7.19. The van der Waals surface area contributed by atoms with Crippen LogP contribution in [-0.4, -0.2) is 15.2 Å². The number of H-pyrrole nitrogens is 1. The number of hydrogen-bond donors (Lipinski definition) is 3. The highest BCUT2D eigenvalue weighted by molar-refractivity contribution is 6.09. The van der Waals surface area contributed by atoms with Gasteiger partial charge in [-0.3, -0.25) is 0 Å². The van der Waals surface area contributed by atoms with Crippen LogP contribution in [0.25, 0.3) is 21.8 Å². The number of aromatic hydroxyl groups is 1. The molecule has 3 nitrogen and oxygen atoms in total. The maximum Gasteiger partial charge on any atom is 0.126 e. The smallest absolute Gasteiger partial charge is 0.126 e. The fourth-order valence-corrected chi connectivity index (χ4v) is 3.39. The highest BCUT2D eigenvalue weighted by Gasteiger charge is 2.15. The Morgan fingerprint density at radius 3 is 2.58 bits per heavy atom. The largest absolute Gasteiger partial charge is 0.507 e. The first-order chi connectivity index (χ1) is 12.5. The average Bonchev–Trinajstić information content (AvgIpc) is 2.98. The molecule has 1 heterocycles. The molecule has 136 valence electrons. The molecule has 3 heteroatoms. The molecule has 0 aliphatic heterocycles. The number of para-hydroxylation sites is 1. The van der Waals surface area contributed by atoms with Crippen LogP contribution in [0.4, 0.5) is 0 Å². The second kappa shape index (κ2) is 7.79. The van der Waals surface area contributed by atoms with E-state index in [1.807, 2.05) is 24.3 Å². The van der Waals surface area contributed by atoms with Crippen molar-refractivity contribution in [2.24, 2.45) is 0 Å². The van der Waals surface area contributed by atoms with Crippen molar-refractivity contribution in [2.45, 2.75) is 46.6 Å². The Morgan fingerprint density at radius 1 is 1.08 bits per heavy atom. The van der Waals surface area contributed by atoms with Crippen molar-refractivity contribution in [3.63, 3.8) is 0 Å². The summed E-state index contributed by atoms with van der Waals surface area (Å²) in [5.41, 5.74) is 6.07. The first-order valence-electron chi connectivity index (χ1n) is 9.15. The summed E-state index contributed by atoms with van der Waals surface area (Å²) in [4.78, 5) is 3.44. The normalized spacial score (nSPS) is 12.1. The molecule has 0 aliphatic carbocycles. The van der Waals surface area contributed by atoms with Crippen LogP contribution < -0.4 is 0 Å². The van der Waals surface area contributed by atoms with Crippen molar-refractivity contribution >= 4 is 21.8 Å². The Labute approximate surface area is 154 Å². The van der Waals surface area contributed by atoms with Gasteiger partial charge in [0.05, 0.1) is 12.1 Å². The summed E-state index contributed by atoms with van der Waals surface area (Å²) in [6, 6.07) is 10.00. The van der Waals surface area contributed by atoms with Crippen LogP contribution in [0.3, 0.4) is 0 Å². The number of aliphatic hydroxyl groups excluding tert-OH is 1. The third-order valence-corrected chi connectivity index (χ3v) is 4.87. The molecule has 3 rings (SSSR count). The molecule has 1 aromatic heterocycles. The molecule has 0 aliphatic rings. The topological polar surface area (TPSA) is 56.2 Å². The fraction of sp³-hybridized carbons (Fsp3) is 0.304. The van der Waals surface area contributed by atoms with E-state index in [1.54, 1.807) is 0 Å². The van der Waals surface area contributed by atoms with Gasteiger partial charge in [0.25, 0.3) is 0 Å². The minimum atomic E-state index is -0.169. The third-order valence-electron chi connectivity index (χ3n) is 4.87. The number of nitrogens with one attached hydrogen (secondary N) is 1. The summed E-state index contributed by atoms with van der Waals surface area (Å²) in [6.45, 7) is 6.19. The second-order valence-electron chi connectivity index (χ2n) is 7.19. The van der Waals surface area contributed by atoms with Gasteiger partial charge in [-0.05, 0) is 52.2 Å². The zero-order valence-corrected chi connectivity index (χ0v) is 15.8. The number of benzene rings is 2. The summed E-state index contributed by atoms with van der Waals surface area (Å²) in [6.07, 6.45) is 7.12. The predicted molar refractivity (Wildman–Crippen MR) is 110 cm³/mol. The number of allylic oxidation sites excluding steroid dienone is 4. The van der Waals surface area contributed by atoms with E-state index in [0.29, 0.717) is 12.0 Å². The van der Waals surface area contributed by atoms with E-state index in [0.717, 1.165) is 40.2 Å². The number of aromatic nitrogens is 1. The van der Waals surface area contributed by atoms with Crippen LogP contribution in [0.1, 0.15) is 44.7 Å². The maximum absolute atomic E-state index is 10.7. The highest BCUT2D eigenvalue weighted by Crippen LogP contribution is 2.36. The molecule has 26 heavy (non-hydrogen) atoms. The van der Waals surface area contributed by atoms with Gasteiger partial charge >= 0.3 is 0 Å². The maximum atomic E-state index is 10.7.